The number of carboxylic acid groups (broad SMARTS) is 1. The number of hydrogen-bond acceptors (Lipinski definition) is 6. The summed E-state index contributed by atoms with van der Waals surface area (Å²) in [7, 11) is -3.82. The third-order valence-corrected chi connectivity index (χ3v) is 6.95. The van der Waals surface area contributed by atoms with Crippen molar-refractivity contribution < 1.29 is 66.2 Å². The average molecular weight is 515 g/mol. The van der Waals surface area contributed by atoms with Crippen LogP contribution in [0, 0.1) is 0 Å². The molecule has 3 aromatic carbocycles. The molecule has 0 aliphatic heterocycles. The molecule has 0 fully saturated rings. The normalized spacial score (nSPS) is 12.6. The van der Waals surface area contributed by atoms with E-state index in [0.717, 1.165) is 29.8 Å². The van der Waals surface area contributed by atoms with Crippen molar-refractivity contribution >= 4 is 15.8 Å². The van der Waals surface area contributed by atoms with Gasteiger partial charge in [0.25, 0.3) is 0 Å². The number of rotatable bonds is 9. The summed E-state index contributed by atoms with van der Waals surface area (Å²) < 4.78 is 63.8. The van der Waals surface area contributed by atoms with E-state index in [0.29, 0.717) is 13.0 Å². The van der Waals surface area contributed by atoms with Crippen LogP contribution in [0.3, 0.4) is 0 Å². The molecule has 3 aromatic rings. The molecule has 180 valence electrons. The monoisotopic (exact) mass is 515 g/mol. The Hall–Kier alpha value is -2.21. The smallest absolute Gasteiger partial charge is 0.545 e. The molecular formula is C24H21F3NNaO5S. The number of aromatic carboxylic acids is 1. The van der Waals surface area contributed by atoms with Gasteiger partial charge in [-0.15, -0.1) is 0 Å². The molecule has 2 N–H and O–H groups in total. The minimum Gasteiger partial charge on any atom is -0.545 e. The number of benzene rings is 3. The minimum atomic E-state index is -4.48. The third-order valence-electron chi connectivity index (χ3n) is 5.16. The summed E-state index contributed by atoms with van der Waals surface area (Å²) in [6.07, 6.45) is -5.10. The predicted molar refractivity (Wildman–Crippen MR) is 116 cm³/mol. The van der Waals surface area contributed by atoms with Gasteiger partial charge >= 0.3 is 35.7 Å². The van der Waals surface area contributed by atoms with Gasteiger partial charge in [0.2, 0.25) is 9.84 Å². The fraction of sp³-hybridized carbons (Fsp3) is 0.208. The van der Waals surface area contributed by atoms with E-state index in [-0.39, 0.29) is 57.0 Å². The fourth-order valence-electron chi connectivity index (χ4n) is 3.25. The van der Waals surface area contributed by atoms with Gasteiger partial charge in [0.15, 0.2) is 0 Å². The van der Waals surface area contributed by atoms with E-state index in [1.165, 1.54) is 36.4 Å². The maximum Gasteiger partial charge on any atom is 1.00 e. The fourth-order valence-corrected chi connectivity index (χ4v) is 4.51. The number of aliphatic hydroxyl groups excluding tert-OH is 1. The standard InChI is InChI=1S/C24H22F3NO5S.Na/c25-24(26,27)19-3-1-2-18(14-19)22(29)15-28-13-12-16-4-8-20(9-5-16)34(32,33)21-10-6-17(7-11-21)23(30)31;/h1-11,14,22,28-29H,12-13,15H2,(H,30,31);/q;+1/p-1/t22-;/m0./s1. The average Bonchev–Trinajstić information content (AvgIpc) is 2.81. The van der Waals surface area contributed by atoms with Crippen molar-refractivity contribution in [2.75, 3.05) is 13.1 Å². The maximum absolute atomic E-state index is 12.8. The van der Waals surface area contributed by atoms with Crippen LogP contribution in [0.4, 0.5) is 13.2 Å². The van der Waals surface area contributed by atoms with Crippen LogP contribution in [-0.2, 0) is 22.4 Å². The van der Waals surface area contributed by atoms with Crippen molar-refractivity contribution in [3.8, 4) is 0 Å². The van der Waals surface area contributed by atoms with Gasteiger partial charge in [-0.1, -0.05) is 36.4 Å². The summed E-state index contributed by atoms with van der Waals surface area (Å²) in [4.78, 5) is 10.8. The molecule has 35 heavy (non-hydrogen) atoms. The summed E-state index contributed by atoms with van der Waals surface area (Å²) >= 11 is 0. The Morgan fingerprint density at radius 2 is 1.54 bits per heavy atom. The molecule has 1 atom stereocenters. The van der Waals surface area contributed by atoms with E-state index in [1.807, 2.05) is 0 Å². The van der Waals surface area contributed by atoms with Gasteiger partial charge in [0, 0.05) is 6.54 Å². The number of halogens is 3. The van der Waals surface area contributed by atoms with Crippen LogP contribution in [0.25, 0.3) is 0 Å². The van der Waals surface area contributed by atoms with Crippen LogP contribution in [0.15, 0.2) is 82.6 Å². The molecule has 0 bridgehead atoms. The second-order valence-electron chi connectivity index (χ2n) is 7.55. The third kappa shape index (κ3) is 7.63. The number of sulfone groups is 1. The Morgan fingerprint density at radius 3 is 2.09 bits per heavy atom. The first kappa shape index (κ1) is 29.0. The largest absolute Gasteiger partial charge is 1.00 e. The molecule has 0 spiro atoms. The molecule has 0 saturated carbocycles. The van der Waals surface area contributed by atoms with Crippen LogP contribution in [-0.4, -0.2) is 32.6 Å². The number of carbonyl (C=O) groups is 1. The first-order valence-corrected chi connectivity index (χ1v) is 11.7. The van der Waals surface area contributed by atoms with Gasteiger partial charge in [0.1, 0.15) is 0 Å². The van der Waals surface area contributed by atoms with E-state index in [1.54, 1.807) is 12.1 Å². The van der Waals surface area contributed by atoms with Crippen LogP contribution >= 0.6 is 0 Å². The second-order valence-corrected chi connectivity index (χ2v) is 9.50. The number of nitrogens with one attached hydrogen (secondary N) is 1. The number of carboxylic acids is 1. The van der Waals surface area contributed by atoms with Crippen LogP contribution in [0.2, 0.25) is 0 Å². The Kier molecular flexibility index (Phi) is 10.1. The summed E-state index contributed by atoms with van der Waals surface area (Å²) in [5.74, 6) is -1.40. The summed E-state index contributed by atoms with van der Waals surface area (Å²) in [5.41, 5.74) is 0.0192. The van der Waals surface area contributed by atoms with Gasteiger partial charge < -0.3 is 20.3 Å². The van der Waals surface area contributed by atoms with Gasteiger partial charge in [-0.05, 0) is 66.1 Å². The molecule has 0 amide bonds. The SMILES string of the molecule is O=C([O-])c1ccc(S(=O)(=O)c2ccc(CCNC[C@H](O)c3cccc(C(F)(F)F)c3)cc2)cc1.[Na+]. The van der Waals surface area contributed by atoms with Crippen molar-refractivity contribution in [2.45, 2.75) is 28.5 Å². The van der Waals surface area contributed by atoms with E-state index in [9.17, 15) is 36.6 Å². The van der Waals surface area contributed by atoms with Gasteiger partial charge in [0.05, 0.1) is 27.4 Å². The zero-order valence-corrected chi connectivity index (χ0v) is 21.6. The number of hydrogen-bond donors (Lipinski definition) is 2. The Bertz CT molecular complexity index is 1250. The Labute approximate surface area is 223 Å². The minimum absolute atomic E-state index is 0. The molecule has 11 heteroatoms. The topological polar surface area (TPSA) is 107 Å². The van der Waals surface area contributed by atoms with Crippen molar-refractivity contribution in [2.24, 2.45) is 0 Å². The van der Waals surface area contributed by atoms with Gasteiger partial charge in [-0.25, -0.2) is 8.42 Å². The second kappa shape index (κ2) is 12.2. The molecular weight excluding hydrogens is 494 g/mol. The Balaban J connectivity index is 0.00000432. The molecule has 0 aromatic heterocycles. The molecule has 3 rings (SSSR count). The Morgan fingerprint density at radius 1 is 0.971 bits per heavy atom. The van der Waals surface area contributed by atoms with Crippen molar-refractivity contribution in [1.82, 2.24) is 5.32 Å². The van der Waals surface area contributed by atoms with E-state index in [2.05, 4.69) is 5.32 Å². The molecule has 6 nitrogen and oxygen atoms in total. The van der Waals surface area contributed by atoms with Gasteiger partial charge in [-0.2, -0.15) is 13.2 Å². The van der Waals surface area contributed by atoms with Gasteiger partial charge in [-0.3, -0.25) is 0 Å². The predicted octanol–water partition coefficient (Wildman–Crippen LogP) is -0.229. The van der Waals surface area contributed by atoms with Crippen molar-refractivity contribution in [1.29, 1.82) is 0 Å². The van der Waals surface area contributed by atoms with Crippen LogP contribution in [0.1, 0.15) is 33.2 Å². The number of alkyl halides is 3. The first-order chi connectivity index (χ1) is 16.0. The van der Waals surface area contributed by atoms with Crippen LogP contribution in [0.5, 0.6) is 0 Å². The summed E-state index contributed by atoms with van der Waals surface area (Å²) in [6.45, 7) is 0.461. The van der Waals surface area contributed by atoms with Crippen LogP contribution < -0.4 is 40.0 Å². The number of aliphatic hydroxyl groups is 1. The molecule has 0 saturated heterocycles. The van der Waals surface area contributed by atoms with Crippen molar-refractivity contribution in [3.63, 3.8) is 0 Å². The molecule has 0 aliphatic carbocycles. The number of carbonyl (C=O) groups excluding carboxylic acids is 1. The van der Waals surface area contributed by atoms with E-state index < -0.39 is 33.7 Å². The first-order valence-electron chi connectivity index (χ1n) is 10.2. The quantitative estimate of drug-likeness (QED) is 0.301. The molecule has 0 unspecified atom stereocenters. The molecule has 0 aliphatic rings. The molecule has 0 heterocycles. The maximum atomic E-state index is 12.8. The van der Waals surface area contributed by atoms with Crippen molar-refractivity contribution in [3.05, 3.63) is 95.1 Å². The van der Waals surface area contributed by atoms with E-state index in [4.69, 9.17) is 0 Å². The summed E-state index contributed by atoms with van der Waals surface area (Å²) in [6, 6.07) is 15.4. The summed E-state index contributed by atoms with van der Waals surface area (Å²) in [5, 5.41) is 23.9. The molecule has 0 radical (unpaired) electrons. The van der Waals surface area contributed by atoms with E-state index >= 15 is 0 Å². The zero-order chi connectivity index (χ0) is 24.9. The zero-order valence-electron chi connectivity index (χ0n) is 18.7.